The third kappa shape index (κ3) is 3.24. The van der Waals surface area contributed by atoms with E-state index in [2.05, 4.69) is 5.32 Å². The van der Waals surface area contributed by atoms with Crippen LogP contribution in [-0.2, 0) is 9.59 Å². The fourth-order valence-electron chi connectivity index (χ4n) is 3.13. The van der Waals surface area contributed by atoms with Crippen molar-refractivity contribution in [3.63, 3.8) is 0 Å². The monoisotopic (exact) mass is 331 g/mol. The van der Waals surface area contributed by atoms with Gasteiger partial charge in [-0.25, -0.2) is 0 Å². The Labute approximate surface area is 142 Å². The van der Waals surface area contributed by atoms with Gasteiger partial charge in [-0.2, -0.15) is 0 Å². The van der Waals surface area contributed by atoms with Gasteiger partial charge < -0.3 is 15.0 Å². The van der Waals surface area contributed by atoms with E-state index in [0.29, 0.717) is 24.5 Å². The van der Waals surface area contributed by atoms with E-state index >= 15 is 0 Å². The van der Waals surface area contributed by atoms with E-state index in [-0.39, 0.29) is 24.3 Å². The number of piperazine rings is 1. The van der Waals surface area contributed by atoms with Crippen molar-refractivity contribution < 1.29 is 14.3 Å². The van der Waals surface area contributed by atoms with Crippen molar-refractivity contribution in [2.24, 2.45) is 5.92 Å². The molecule has 0 radical (unpaired) electrons. The molecule has 3 rings (SSSR count). The number of ether oxygens (including phenoxy) is 1. The number of carbonyl (C=O) groups is 2. The molecule has 2 amide bonds. The van der Waals surface area contributed by atoms with Crippen molar-refractivity contribution in [1.82, 2.24) is 10.2 Å². The van der Waals surface area contributed by atoms with Gasteiger partial charge in [-0.1, -0.05) is 19.9 Å². The summed E-state index contributed by atoms with van der Waals surface area (Å²) < 4.78 is 5.89. The molecule has 6 heteroatoms. The second kappa shape index (κ2) is 6.81. The van der Waals surface area contributed by atoms with Crippen LogP contribution in [0, 0.1) is 12.8 Å². The van der Waals surface area contributed by atoms with Crippen molar-refractivity contribution >= 4 is 17.5 Å². The maximum atomic E-state index is 12.9. The van der Waals surface area contributed by atoms with E-state index in [4.69, 9.17) is 4.74 Å². The van der Waals surface area contributed by atoms with Gasteiger partial charge in [0.25, 0.3) is 5.91 Å². The summed E-state index contributed by atoms with van der Waals surface area (Å²) in [6.45, 7) is 8.92. The number of nitrogens with zero attached hydrogens (tertiary/aromatic N) is 2. The summed E-state index contributed by atoms with van der Waals surface area (Å²) in [6.07, 6.45) is -0.545. The number of fused-ring (bicyclic) bond motifs is 1. The zero-order valence-electron chi connectivity index (χ0n) is 14.5. The highest BCUT2D eigenvalue weighted by Crippen LogP contribution is 2.36. The minimum Gasteiger partial charge on any atom is -0.478 e. The van der Waals surface area contributed by atoms with Crippen LogP contribution in [0.1, 0.15) is 19.4 Å². The Balaban J connectivity index is 1.87. The maximum Gasteiger partial charge on any atom is 0.268 e. The first kappa shape index (κ1) is 16.8. The summed E-state index contributed by atoms with van der Waals surface area (Å²) >= 11 is 0. The molecule has 24 heavy (non-hydrogen) atoms. The molecular formula is C18H25N3O3. The Kier molecular flexibility index (Phi) is 4.76. The highest BCUT2D eigenvalue weighted by molar-refractivity contribution is 6.04. The number of amides is 2. The standard InChI is InChI=1S/C18H25N3O3/c1-12(2)17-18(23)21(11-16(22)20-8-6-19-7-9-20)14-10-13(3)4-5-15(14)24-17/h4-5,10,12,17,19H,6-9,11H2,1-3H3. The second-order valence-electron chi connectivity index (χ2n) is 6.81. The first-order valence-corrected chi connectivity index (χ1v) is 8.54. The molecule has 2 aliphatic rings. The lowest BCUT2D eigenvalue weighted by Gasteiger charge is -2.37. The fraction of sp³-hybridized carbons (Fsp3) is 0.556. The quantitative estimate of drug-likeness (QED) is 0.903. The Morgan fingerprint density at radius 3 is 2.71 bits per heavy atom. The van der Waals surface area contributed by atoms with E-state index in [0.717, 1.165) is 18.7 Å². The van der Waals surface area contributed by atoms with Gasteiger partial charge in [0.1, 0.15) is 12.3 Å². The molecule has 1 unspecified atom stereocenters. The zero-order chi connectivity index (χ0) is 17.3. The van der Waals surface area contributed by atoms with Gasteiger partial charge in [-0.05, 0) is 30.5 Å². The Morgan fingerprint density at radius 2 is 2.04 bits per heavy atom. The van der Waals surface area contributed by atoms with Crippen LogP contribution in [-0.4, -0.2) is 55.5 Å². The fourth-order valence-corrected chi connectivity index (χ4v) is 3.13. The van der Waals surface area contributed by atoms with E-state index < -0.39 is 6.10 Å². The van der Waals surface area contributed by atoms with Crippen LogP contribution < -0.4 is 15.0 Å². The van der Waals surface area contributed by atoms with Crippen molar-refractivity contribution in [3.05, 3.63) is 23.8 Å². The number of anilines is 1. The maximum absolute atomic E-state index is 12.9. The molecule has 1 fully saturated rings. The van der Waals surface area contributed by atoms with Crippen molar-refractivity contribution in [1.29, 1.82) is 0 Å². The highest BCUT2D eigenvalue weighted by Gasteiger charge is 2.37. The molecule has 1 aromatic carbocycles. The van der Waals surface area contributed by atoms with Crippen molar-refractivity contribution in [2.75, 3.05) is 37.6 Å². The van der Waals surface area contributed by atoms with Crippen LogP contribution in [0.5, 0.6) is 5.75 Å². The highest BCUT2D eigenvalue weighted by atomic mass is 16.5. The van der Waals surface area contributed by atoms with Gasteiger partial charge in [0.15, 0.2) is 6.10 Å². The molecule has 1 aromatic rings. The smallest absolute Gasteiger partial charge is 0.268 e. The van der Waals surface area contributed by atoms with Gasteiger partial charge in [-0.15, -0.1) is 0 Å². The second-order valence-corrected chi connectivity index (χ2v) is 6.81. The summed E-state index contributed by atoms with van der Waals surface area (Å²) in [4.78, 5) is 28.9. The van der Waals surface area contributed by atoms with E-state index in [1.54, 1.807) is 4.90 Å². The zero-order valence-corrected chi connectivity index (χ0v) is 14.5. The molecule has 1 saturated heterocycles. The molecule has 0 spiro atoms. The van der Waals surface area contributed by atoms with E-state index in [1.165, 1.54) is 0 Å². The van der Waals surface area contributed by atoms with Crippen LogP contribution in [0.3, 0.4) is 0 Å². The molecule has 0 saturated carbocycles. The van der Waals surface area contributed by atoms with Gasteiger partial charge in [0.2, 0.25) is 5.91 Å². The molecule has 0 bridgehead atoms. The number of hydrogen-bond acceptors (Lipinski definition) is 4. The molecule has 1 N–H and O–H groups in total. The van der Waals surface area contributed by atoms with Crippen LogP contribution in [0.4, 0.5) is 5.69 Å². The minimum atomic E-state index is -0.545. The Morgan fingerprint density at radius 1 is 1.33 bits per heavy atom. The van der Waals surface area contributed by atoms with Gasteiger partial charge in [0.05, 0.1) is 5.69 Å². The average Bonchev–Trinajstić information content (AvgIpc) is 2.57. The first-order valence-electron chi connectivity index (χ1n) is 8.54. The summed E-state index contributed by atoms with van der Waals surface area (Å²) in [5, 5.41) is 3.23. The lowest BCUT2D eigenvalue weighted by molar-refractivity contribution is -0.134. The van der Waals surface area contributed by atoms with Gasteiger partial charge in [-0.3, -0.25) is 14.5 Å². The average molecular weight is 331 g/mol. The largest absolute Gasteiger partial charge is 0.478 e. The summed E-state index contributed by atoms with van der Waals surface area (Å²) in [5.74, 6) is 0.573. The molecule has 130 valence electrons. The number of benzene rings is 1. The molecule has 0 aliphatic carbocycles. The van der Waals surface area contributed by atoms with Crippen molar-refractivity contribution in [3.8, 4) is 5.75 Å². The third-order valence-electron chi connectivity index (χ3n) is 4.54. The van der Waals surface area contributed by atoms with E-state index in [1.807, 2.05) is 43.9 Å². The van der Waals surface area contributed by atoms with E-state index in [9.17, 15) is 9.59 Å². The minimum absolute atomic E-state index is 0.0123. The lowest BCUT2D eigenvalue weighted by atomic mass is 10.0. The first-order chi connectivity index (χ1) is 11.5. The SMILES string of the molecule is Cc1ccc2c(c1)N(CC(=O)N1CCNCC1)C(=O)C(C(C)C)O2. The number of hydrogen-bond donors (Lipinski definition) is 1. The number of carbonyl (C=O) groups excluding carboxylic acids is 2. The topological polar surface area (TPSA) is 61.9 Å². The Hall–Kier alpha value is -2.08. The van der Waals surface area contributed by atoms with Crippen LogP contribution >= 0.6 is 0 Å². The van der Waals surface area contributed by atoms with Crippen LogP contribution in [0.15, 0.2) is 18.2 Å². The van der Waals surface area contributed by atoms with Crippen molar-refractivity contribution in [2.45, 2.75) is 26.9 Å². The normalized spacial score (nSPS) is 20.8. The van der Waals surface area contributed by atoms with Gasteiger partial charge in [0, 0.05) is 26.2 Å². The molecular weight excluding hydrogens is 306 g/mol. The molecule has 1 atom stereocenters. The van der Waals surface area contributed by atoms with Gasteiger partial charge >= 0.3 is 0 Å². The number of aryl methyl sites for hydroxylation is 1. The third-order valence-corrected chi connectivity index (χ3v) is 4.54. The predicted molar refractivity (Wildman–Crippen MR) is 92.2 cm³/mol. The molecule has 0 aromatic heterocycles. The lowest BCUT2D eigenvalue weighted by Crippen LogP contribution is -2.54. The summed E-state index contributed by atoms with van der Waals surface area (Å²) in [6, 6.07) is 5.76. The Bertz CT molecular complexity index is 638. The van der Waals surface area contributed by atoms with Crippen LogP contribution in [0.2, 0.25) is 0 Å². The number of rotatable bonds is 3. The molecule has 6 nitrogen and oxygen atoms in total. The predicted octanol–water partition coefficient (Wildman–Crippen LogP) is 1.18. The number of nitrogens with one attached hydrogen (secondary N) is 1. The summed E-state index contributed by atoms with van der Waals surface area (Å²) in [5.41, 5.74) is 1.73. The van der Waals surface area contributed by atoms with Crippen LogP contribution in [0.25, 0.3) is 0 Å². The summed E-state index contributed by atoms with van der Waals surface area (Å²) in [7, 11) is 0. The molecule has 2 aliphatic heterocycles. The molecule has 2 heterocycles.